The largest absolute Gasteiger partial charge is 0.396 e. The number of benzene rings is 1. The molecule has 0 spiro atoms. The number of aliphatic imine (C=N–C) groups is 1. The summed E-state index contributed by atoms with van der Waals surface area (Å²) in [5.41, 5.74) is 2.54. The standard InChI is InChI=1S/C19H32N4O2.HI/c1-20-18(22-14-19(8-10-24)9-11-25-15-19)21-12-16-4-6-17(7-5-16)13-23(2)3;/h4-7,24H,8-15H2,1-3H3,(H2,20,21,22);1H. The Balaban J connectivity index is 0.00000338. The third kappa shape index (κ3) is 7.38. The average Bonchev–Trinajstić information content (AvgIpc) is 3.05. The van der Waals surface area contributed by atoms with E-state index in [9.17, 15) is 5.11 Å². The number of hydrogen-bond acceptors (Lipinski definition) is 4. The summed E-state index contributed by atoms with van der Waals surface area (Å²) in [7, 11) is 5.92. The van der Waals surface area contributed by atoms with Crippen molar-refractivity contribution in [3.05, 3.63) is 35.4 Å². The molecule has 1 heterocycles. The van der Waals surface area contributed by atoms with Crippen LogP contribution in [0, 0.1) is 5.41 Å². The van der Waals surface area contributed by atoms with Gasteiger partial charge in [-0.2, -0.15) is 0 Å². The highest BCUT2D eigenvalue weighted by Crippen LogP contribution is 2.31. The number of rotatable bonds is 8. The van der Waals surface area contributed by atoms with E-state index in [0.29, 0.717) is 6.61 Å². The van der Waals surface area contributed by atoms with E-state index >= 15 is 0 Å². The molecule has 1 aromatic carbocycles. The summed E-state index contributed by atoms with van der Waals surface area (Å²) in [6, 6.07) is 8.63. The summed E-state index contributed by atoms with van der Waals surface area (Å²) < 4.78 is 5.53. The molecular weight excluding hydrogens is 443 g/mol. The molecule has 1 atom stereocenters. The molecule has 6 nitrogen and oxygen atoms in total. The lowest BCUT2D eigenvalue weighted by Gasteiger charge is -2.27. The van der Waals surface area contributed by atoms with E-state index in [-0.39, 0.29) is 36.0 Å². The van der Waals surface area contributed by atoms with E-state index in [1.807, 2.05) is 0 Å². The summed E-state index contributed by atoms with van der Waals surface area (Å²) in [5, 5.41) is 16.1. The van der Waals surface area contributed by atoms with Crippen LogP contribution in [0.25, 0.3) is 0 Å². The van der Waals surface area contributed by atoms with Crippen molar-refractivity contribution in [2.45, 2.75) is 25.9 Å². The van der Waals surface area contributed by atoms with Gasteiger partial charge in [0, 0.05) is 45.3 Å². The van der Waals surface area contributed by atoms with Gasteiger partial charge in [0.2, 0.25) is 0 Å². The highest BCUT2D eigenvalue weighted by atomic mass is 127. The molecule has 1 saturated heterocycles. The second kappa shape index (κ2) is 11.7. The molecule has 0 aromatic heterocycles. The summed E-state index contributed by atoms with van der Waals surface area (Å²) >= 11 is 0. The predicted octanol–water partition coefficient (Wildman–Crippen LogP) is 1.82. The fraction of sp³-hybridized carbons (Fsp3) is 0.632. The number of nitrogens with one attached hydrogen (secondary N) is 2. The van der Waals surface area contributed by atoms with E-state index in [1.54, 1.807) is 7.05 Å². The molecule has 1 aliphatic heterocycles. The maximum Gasteiger partial charge on any atom is 0.191 e. The number of aliphatic hydroxyl groups is 1. The lowest BCUT2D eigenvalue weighted by Crippen LogP contribution is -2.44. The topological polar surface area (TPSA) is 69.1 Å². The normalized spacial score (nSPS) is 20.1. The van der Waals surface area contributed by atoms with Crippen molar-refractivity contribution in [3.63, 3.8) is 0 Å². The lowest BCUT2D eigenvalue weighted by molar-refractivity contribution is 0.127. The van der Waals surface area contributed by atoms with Crippen LogP contribution in [-0.4, -0.2) is 63.5 Å². The van der Waals surface area contributed by atoms with Gasteiger partial charge in [-0.05, 0) is 38.1 Å². The Hall–Kier alpha value is -0.900. The van der Waals surface area contributed by atoms with Gasteiger partial charge in [0.1, 0.15) is 0 Å². The number of halogens is 1. The molecule has 148 valence electrons. The lowest BCUT2D eigenvalue weighted by atomic mass is 9.84. The van der Waals surface area contributed by atoms with Crippen LogP contribution in [0.15, 0.2) is 29.3 Å². The zero-order chi connectivity index (χ0) is 18.1. The van der Waals surface area contributed by atoms with E-state index in [1.165, 1.54) is 11.1 Å². The monoisotopic (exact) mass is 476 g/mol. The number of hydrogen-bond donors (Lipinski definition) is 3. The van der Waals surface area contributed by atoms with Crippen LogP contribution < -0.4 is 10.6 Å². The van der Waals surface area contributed by atoms with Crippen LogP contribution in [0.3, 0.4) is 0 Å². The quantitative estimate of drug-likeness (QED) is 0.304. The molecular formula is C19H33IN4O2. The third-order valence-electron chi connectivity index (χ3n) is 4.66. The Labute approximate surface area is 174 Å². The number of nitrogens with zero attached hydrogens (tertiary/aromatic N) is 2. The fourth-order valence-electron chi connectivity index (χ4n) is 3.12. The summed E-state index contributed by atoms with van der Waals surface area (Å²) in [6.07, 6.45) is 1.73. The first-order valence-corrected chi connectivity index (χ1v) is 8.92. The van der Waals surface area contributed by atoms with E-state index in [2.05, 4.69) is 58.9 Å². The summed E-state index contributed by atoms with van der Waals surface area (Å²) in [4.78, 5) is 6.46. The Kier molecular flexibility index (Phi) is 10.4. The molecule has 0 saturated carbocycles. The highest BCUT2D eigenvalue weighted by molar-refractivity contribution is 14.0. The Morgan fingerprint density at radius 3 is 2.46 bits per heavy atom. The number of ether oxygens (including phenoxy) is 1. The Morgan fingerprint density at radius 2 is 1.92 bits per heavy atom. The van der Waals surface area contributed by atoms with Gasteiger partial charge < -0.3 is 25.4 Å². The molecule has 1 aromatic rings. The third-order valence-corrected chi connectivity index (χ3v) is 4.66. The molecule has 1 aliphatic rings. The minimum Gasteiger partial charge on any atom is -0.396 e. The van der Waals surface area contributed by atoms with Gasteiger partial charge >= 0.3 is 0 Å². The number of guanidine groups is 1. The molecule has 0 aliphatic carbocycles. The highest BCUT2D eigenvalue weighted by Gasteiger charge is 2.34. The van der Waals surface area contributed by atoms with E-state index in [0.717, 1.165) is 45.0 Å². The van der Waals surface area contributed by atoms with Crippen LogP contribution >= 0.6 is 24.0 Å². The van der Waals surface area contributed by atoms with Crippen LogP contribution in [0.2, 0.25) is 0 Å². The first-order chi connectivity index (χ1) is 12.1. The van der Waals surface area contributed by atoms with Gasteiger partial charge in [-0.1, -0.05) is 24.3 Å². The molecule has 0 amide bonds. The van der Waals surface area contributed by atoms with E-state index < -0.39 is 0 Å². The van der Waals surface area contributed by atoms with Crippen LogP contribution in [0.5, 0.6) is 0 Å². The maximum atomic E-state index is 9.31. The van der Waals surface area contributed by atoms with Gasteiger partial charge in [0.05, 0.1) is 6.61 Å². The van der Waals surface area contributed by atoms with Crippen LogP contribution in [0.4, 0.5) is 0 Å². The van der Waals surface area contributed by atoms with Gasteiger partial charge in [-0.15, -0.1) is 24.0 Å². The van der Waals surface area contributed by atoms with Crippen molar-refractivity contribution in [2.75, 3.05) is 47.5 Å². The molecule has 2 rings (SSSR count). The SMILES string of the molecule is CN=C(NCc1ccc(CN(C)C)cc1)NCC1(CCO)CCOC1.I. The van der Waals surface area contributed by atoms with Crippen LogP contribution in [-0.2, 0) is 17.8 Å². The second-order valence-electron chi connectivity index (χ2n) is 7.11. The van der Waals surface area contributed by atoms with Gasteiger partial charge in [-0.25, -0.2) is 0 Å². The second-order valence-corrected chi connectivity index (χ2v) is 7.11. The average molecular weight is 476 g/mol. The van der Waals surface area contributed by atoms with Crippen molar-refractivity contribution in [2.24, 2.45) is 10.4 Å². The smallest absolute Gasteiger partial charge is 0.191 e. The molecule has 1 unspecified atom stereocenters. The minimum atomic E-state index is 0. The molecule has 3 N–H and O–H groups in total. The Morgan fingerprint density at radius 1 is 1.23 bits per heavy atom. The molecule has 0 bridgehead atoms. The zero-order valence-electron chi connectivity index (χ0n) is 16.1. The van der Waals surface area contributed by atoms with Gasteiger partial charge in [0.15, 0.2) is 5.96 Å². The predicted molar refractivity (Wildman–Crippen MR) is 117 cm³/mol. The van der Waals surface area contributed by atoms with Crippen molar-refractivity contribution < 1.29 is 9.84 Å². The molecule has 1 fully saturated rings. The fourth-order valence-corrected chi connectivity index (χ4v) is 3.12. The van der Waals surface area contributed by atoms with E-state index in [4.69, 9.17) is 4.74 Å². The van der Waals surface area contributed by atoms with Crippen molar-refractivity contribution >= 4 is 29.9 Å². The summed E-state index contributed by atoms with van der Waals surface area (Å²) in [5.74, 6) is 0.779. The van der Waals surface area contributed by atoms with Crippen molar-refractivity contribution in [3.8, 4) is 0 Å². The first-order valence-electron chi connectivity index (χ1n) is 8.92. The molecule has 7 heteroatoms. The summed E-state index contributed by atoms with van der Waals surface area (Å²) in [6.45, 7) is 4.10. The van der Waals surface area contributed by atoms with Gasteiger partial charge in [-0.3, -0.25) is 4.99 Å². The molecule has 26 heavy (non-hydrogen) atoms. The van der Waals surface area contributed by atoms with Crippen molar-refractivity contribution in [1.82, 2.24) is 15.5 Å². The minimum absolute atomic E-state index is 0. The number of aliphatic hydroxyl groups excluding tert-OH is 1. The van der Waals surface area contributed by atoms with Gasteiger partial charge in [0.25, 0.3) is 0 Å². The van der Waals surface area contributed by atoms with Crippen LogP contribution in [0.1, 0.15) is 24.0 Å². The molecule has 0 radical (unpaired) electrons. The Bertz CT molecular complexity index is 543. The zero-order valence-corrected chi connectivity index (χ0v) is 18.5. The maximum absolute atomic E-state index is 9.31. The first kappa shape index (κ1) is 23.1. The van der Waals surface area contributed by atoms with Crippen molar-refractivity contribution in [1.29, 1.82) is 0 Å².